The first-order valence-corrected chi connectivity index (χ1v) is 4.91. The molecule has 1 aromatic rings. The number of allylic oxidation sites excluding steroid dienone is 1. The molecule has 0 fully saturated rings. The van der Waals surface area contributed by atoms with E-state index in [1.54, 1.807) is 0 Å². The molecule has 0 aliphatic carbocycles. The Morgan fingerprint density at radius 1 is 1.38 bits per heavy atom. The summed E-state index contributed by atoms with van der Waals surface area (Å²) < 4.78 is 0. The van der Waals surface area contributed by atoms with Crippen LogP contribution in [-0.2, 0) is 0 Å². The predicted molar refractivity (Wildman–Crippen MR) is 59.9 cm³/mol. The first-order chi connectivity index (χ1) is 6.16. The quantitative estimate of drug-likeness (QED) is 0.643. The average molecular weight is 174 g/mol. The Labute approximate surface area is 81.3 Å². The molecule has 0 aliphatic rings. The summed E-state index contributed by atoms with van der Waals surface area (Å²) in [6.07, 6.45) is 1.18. The molecule has 0 amide bonds. The van der Waals surface area contributed by atoms with Gasteiger partial charge < -0.3 is 0 Å². The zero-order chi connectivity index (χ0) is 9.84. The minimum absolute atomic E-state index is 0.632. The highest BCUT2D eigenvalue weighted by Crippen LogP contribution is 2.26. The molecule has 0 N–H and O–H groups in total. The minimum atomic E-state index is 0.632. The van der Waals surface area contributed by atoms with Crippen molar-refractivity contribution in [1.82, 2.24) is 0 Å². The van der Waals surface area contributed by atoms with Crippen molar-refractivity contribution in [3.8, 4) is 0 Å². The normalized spacial score (nSPS) is 12.5. The van der Waals surface area contributed by atoms with Crippen molar-refractivity contribution in [3.05, 3.63) is 42.0 Å². The van der Waals surface area contributed by atoms with E-state index in [1.165, 1.54) is 17.5 Å². The third kappa shape index (κ3) is 2.21. The molecule has 0 aromatic heterocycles. The van der Waals surface area contributed by atoms with Crippen LogP contribution < -0.4 is 0 Å². The fourth-order valence-electron chi connectivity index (χ4n) is 1.54. The van der Waals surface area contributed by atoms with Crippen LogP contribution in [0.2, 0.25) is 0 Å². The standard InChI is InChI=1S/C13H18/c1-5-11(4)13-9-7-6-8-12(13)10(2)3/h6-9,11H,2,5H2,1,3-4H3. The van der Waals surface area contributed by atoms with Crippen molar-refractivity contribution in [3.63, 3.8) is 0 Å². The second-order valence-corrected chi connectivity index (χ2v) is 3.68. The monoisotopic (exact) mass is 174 g/mol. The van der Waals surface area contributed by atoms with Gasteiger partial charge in [-0.3, -0.25) is 0 Å². The maximum Gasteiger partial charge on any atom is -0.0187 e. The van der Waals surface area contributed by atoms with Gasteiger partial charge in [-0.15, -0.1) is 0 Å². The first kappa shape index (κ1) is 10.0. The number of hydrogen-bond donors (Lipinski definition) is 0. The third-order valence-corrected chi connectivity index (χ3v) is 2.56. The van der Waals surface area contributed by atoms with Gasteiger partial charge in [-0.25, -0.2) is 0 Å². The van der Waals surface area contributed by atoms with E-state index in [0.717, 1.165) is 5.57 Å². The van der Waals surface area contributed by atoms with E-state index in [4.69, 9.17) is 0 Å². The van der Waals surface area contributed by atoms with Crippen molar-refractivity contribution >= 4 is 5.57 Å². The molecule has 0 heterocycles. The van der Waals surface area contributed by atoms with Gasteiger partial charge in [0, 0.05) is 0 Å². The fraction of sp³-hybridized carbons (Fsp3) is 0.385. The smallest absolute Gasteiger partial charge is 0.0187 e. The Morgan fingerprint density at radius 3 is 2.54 bits per heavy atom. The molecule has 0 radical (unpaired) electrons. The lowest BCUT2D eigenvalue weighted by molar-refractivity contribution is 0.731. The maximum atomic E-state index is 4.00. The molecule has 1 aromatic carbocycles. The largest absolute Gasteiger partial charge is 0.0955 e. The molecule has 1 rings (SSSR count). The van der Waals surface area contributed by atoms with Gasteiger partial charge in [-0.05, 0) is 30.4 Å². The van der Waals surface area contributed by atoms with Crippen LogP contribution in [0.3, 0.4) is 0 Å². The van der Waals surface area contributed by atoms with Crippen molar-refractivity contribution in [2.75, 3.05) is 0 Å². The van der Waals surface area contributed by atoms with Crippen molar-refractivity contribution in [2.24, 2.45) is 0 Å². The summed E-state index contributed by atoms with van der Waals surface area (Å²) in [5, 5.41) is 0. The van der Waals surface area contributed by atoms with Gasteiger partial charge in [0.1, 0.15) is 0 Å². The van der Waals surface area contributed by atoms with Crippen molar-refractivity contribution in [1.29, 1.82) is 0 Å². The lowest BCUT2D eigenvalue weighted by Crippen LogP contribution is -1.95. The van der Waals surface area contributed by atoms with Gasteiger partial charge in [-0.2, -0.15) is 0 Å². The van der Waals surface area contributed by atoms with Crippen LogP contribution >= 0.6 is 0 Å². The van der Waals surface area contributed by atoms with E-state index in [1.807, 2.05) is 0 Å². The molecular formula is C13H18. The second-order valence-electron chi connectivity index (χ2n) is 3.68. The Kier molecular flexibility index (Phi) is 3.30. The highest BCUT2D eigenvalue weighted by atomic mass is 14.1. The molecule has 0 spiro atoms. The molecule has 70 valence electrons. The van der Waals surface area contributed by atoms with Gasteiger partial charge in [0.2, 0.25) is 0 Å². The Hall–Kier alpha value is -1.04. The van der Waals surface area contributed by atoms with Crippen molar-refractivity contribution < 1.29 is 0 Å². The lowest BCUT2D eigenvalue weighted by Gasteiger charge is -2.14. The van der Waals surface area contributed by atoms with Crippen molar-refractivity contribution in [2.45, 2.75) is 33.1 Å². The third-order valence-electron chi connectivity index (χ3n) is 2.56. The molecule has 1 unspecified atom stereocenters. The second kappa shape index (κ2) is 4.27. The Bertz CT molecular complexity index is 297. The summed E-state index contributed by atoms with van der Waals surface area (Å²) >= 11 is 0. The fourth-order valence-corrected chi connectivity index (χ4v) is 1.54. The van der Waals surface area contributed by atoms with Crippen LogP contribution in [-0.4, -0.2) is 0 Å². The summed E-state index contributed by atoms with van der Waals surface area (Å²) in [7, 11) is 0. The molecule has 1 atom stereocenters. The molecule has 0 heteroatoms. The topological polar surface area (TPSA) is 0 Å². The van der Waals surface area contributed by atoms with E-state index in [9.17, 15) is 0 Å². The first-order valence-electron chi connectivity index (χ1n) is 4.91. The van der Waals surface area contributed by atoms with E-state index in [0.29, 0.717) is 5.92 Å². The highest BCUT2D eigenvalue weighted by Gasteiger charge is 2.07. The van der Waals surface area contributed by atoms with E-state index in [2.05, 4.69) is 51.6 Å². The van der Waals surface area contributed by atoms with Gasteiger partial charge in [0.05, 0.1) is 0 Å². The lowest BCUT2D eigenvalue weighted by atomic mass is 9.91. The van der Waals surface area contributed by atoms with Crippen LogP contribution in [0, 0.1) is 0 Å². The summed E-state index contributed by atoms with van der Waals surface area (Å²) in [6.45, 7) is 10.6. The van der Waals surface area contributed by atoms with E-state index >= 15 is 0 Å². The summed E-state index contributed by atoms with van der Waals surface area (Å²) in [6, 6.07) is 8.55. The number of benzene rings is 1. The SMILES string of the molecule is C=C(C)c1ccccc1C(C)CC. The average Bonchev–Trinajstić information content (AvgIpc) is 2.16. The molecule has 0 saturated carbocycles. The summed E-state index contributed by atoms with van der Waals surface area (Å²) in [5.74, 6) is 0.632. The van der Waals surface area contributed by atoms with Crippen LogP contribution in [0.15, 0.2) is 30.8 Å². The number of rotatable bonds is 3. The molecule has 0 saturated heterocycles. The van der Waals surface area contributed by atoms with Crippen LogP contribution in [0.1, 0.15) is 44.2 Å². The van der Waals surface area contributed by atoms with Gasteiger partial charge in [0.25, 0.3) is 0 Å². The van der Waals surface area contributed by atoms with Crippen LogP contribution in [0.25, 0.3) is 5.57 Å². The maximum absolute atomic E-state index is 4.00. The zero-order valence-corrected chi connectivity index (χ0v) is 8.80. The number of hydrogen-bond acceptors (Lipinski definition) is 0. The summed E-state index contributed by atoms with van der Waals surface area (Å²) in [5.41, 5.74) is 3.91. The Morgan fingerprint density at radius 2 is 2.00 bits per heavy atom. The highest BCUT2D eigenvalue weighted by molar-refractivity contribution is 5.65. The van der Waals surface area contributed by atoms with Gasteiger partial charge in [-0.1, -0.05) is 50.3 Å². The van der Waals surface area contributed by atoms with Crippen LogP contribution in [0.5, 0.6) is 0 Å². The zero-order valence-electron chi connectivity index (χ0n) is 8.80. The van der Waals surface area contributed by atoms with E-state index < -0.39 is 0 Å². The van der Waals surface area contributed by atoms with E-state index in [-0.39, 0.29) is 0 Å². The minimum Gasteiger partial charge on any atom is -0.0955 e. The van der Waals surface area contributed by atoms with Gasteiger partial charge >= 0.3 is 0 Å². The van der Waals surface area contributed by atoms with Gasteiger partial charge in [0.15, 0.2) is 0 Å². The predicted octanol–water partition coefficient (Wildman–Crippen LogP) is 4.23. The molecule has 0 nitrogen and oxygen atoms in total. The molecule has 0 aliphatic heterocycles. The summed E-state index contributed by atoms with van der Waals surface area (Å²) in [4.78, 5) is 0. The Balaban J connectivity index is 3.11. The molecule has 0 bridgehead atoms. The molecular weight excluding hydrogens is 156 g/mol. The molecule has 13 heavy (non-hydrogen) atoms. The van der Waals surface area contributed by atoms with Crippen LogP contribution in [0.4, 0.5) is 0 Å².